The first kappa shape index (κ1) is 9.92. The van der Waals surface area contributed by atoms with Crippen molar-refractivity contribution in [2.45, 2.75) is 18.8 Å². The van der Waals surface area contributed by atoms with Crippen LogP contribution in [0.3, 0.4) is 0 Å². The van der Waals surface area contributed by atoms with Gasteiger partial charge in [0.05, 0.1) is 16.4 Å². The predicted octanol–water partition coefficient (Wildman–Crippen LogP) is 1.31. The molecular formula is C7H12F2O2S. The lowest BCUT2D eigenvalue weighted by atomic mass is 9.82. The van der Waals surface area contributed by atoms with E-state index in [1.54, 1.807) is 0 Å². The summed E-state index contributed by atoms with van der Waals surface area (Å²) in [5.74, 6) is 0.581. The summed E-state index contributed by atoms with van der Waals surface area (Å²) in [4.78, 5) is 0. The van der Waals surface area contributed by atoms with Gasteiger partial charge in [0.1, 0.15) is 0 Å². The van der Waals surface area contributed by atoms with Gasteiger partial charge in [-0.05, 0) is 11.8 Å². The van der Waals surface area contributed by atoms with Crippen molar-refractivity contribution < 1.29 is 17.2 Å². The van der Waals surface area contributed by atoms with Crippen molar-refractivity contribution in [2.24, 2.45) is 5.92 Å². The molecule has 0 N–H and O–H groups in total. The third-order valence-corrected chi connectivity index (χ3v) is 2.36. The van der Waals surface area contributed by atoms with E-state index in [-0.39, 0.29) is 25.4 Å². The van der Waals surface area contributed by atoms with Crippen LogP contribution in [0.2, 0.25) is 0 Å². The average molecular weight is 198 g/mol. The summed E-state index contributed by atoms with van der Waals surface area (Å²) in [6.45, 7) is 0.133. The lowest BCUT2D eigenvalue weighted by Gasteiger charge is -2.34. The second kappa shape index (κ2) is 2.96. The molecule has 1 fully saturated rings. The van der Waals surface area contributed by atoms with Crippen LogP contribution < -0.4 is 0 Å². The summed E-state index contributed by atoms with van der Waals surface area (Å²) in [6.07, 6.45) is 1.05. The highest BCUT2D eigenvalue weighted by Crippen LogP contribution is 2.42. The first-order chi connectivity index (χ1) is 5.29. The van der Waals surface area contributed by atoms with E-state index in [0.717, 1.165) is 0 Å². The third-order valence-electron chi connectivity index (χ3n) is 1.73. The molecule has 1 atom stereocenters. The van der Waals surface area contributed by atoms with E-state index in [9.17, 15) is 13.0 Å². The molecule has 72 valence electrons. The zero-order chi connectivity index (χ0) is 9.41. The fraction of sp³-hybridized carbons (Fsp3) is 0.857. The molecule has 5 heteroatoms. The summed E-state index contributed by atoms with van der Waals surface area (Å²) in [7, 11) is -2.48. The van der Waals surface area contributed by atoms with E-state index in [1.807, 2.05) is 0 Å². The minimum Gasteiger partial charge on any atom is -0.298 e. The zero-order valence-corrected chi connectivity index (χ0v) is 7.70. The Hall–Kier alpha value is -0.160. The van der Waals surface area contributed by atoms with Gasteiger partial charge >= 0.3 is 0 Å². The van der Waals surface area contributed by atoms with Crippen molar-refractivity contribution in [3.63, 3.8) is 0 Å². The molecule has 0 bridgehead atoms. The molecule has 1 aliphatic rings. The highest BCUT2D eigenvalue weighted by Gasteiger charge is 2.45. The molecule has 0 spiro atoms. The van der Waals surface area contributed by atoms with Gasteiger partial charge in [-0.15, -0.1) is 0 Å². The second-order valence-electron chi connectivity index (χ2n) is 3.34. The van der Waals surface area contributed by atoms with Crippen LogP contribution >= 0.6 is 0 Å². The molecule has 0 radical (unpaired) electrons. The molecule has 0 heterocycles. The quantitative estimate of drug-likeness (QED) is 0.639. The van der Waals surface area contributed by atoms with Crippen LogP contribution in [0.5, 0.6) is 0 Å². The van der Waals surface area contributed by atoms with Crippen molar-refractivity contribution in [3.05, 3.63) is 0 Å². The SMILES string of the molecule is C=S(C)(=O)OCC1CC(F)(F)C1. The highest BCUT2D eigenvalue weighted by atomic mass is 32.2. The Morgan fingerprint density at radius 1 is 1.67 bits per heavy atom. The minimum atomic E-state index is -2.52. The van der Waals surface area contributed by atoms with Crippen LogP contribution in [-0.2, 0) is 14.0 Å². The molecule has 1 aliphatic carbocycles. The van der Waals surface area contributed by atoms with E-state index in [0.29, 0.717) is 0 Å². The molecule has 12 heavy (non-hydrogen) atoms. The van der Waals surface area contributed by atoms with Crippen LogP contribution in [0, 0.1) is 5.92 Å². The van der Waals surface area contributed by atoms with E-state index >= 15 is 0 Å². The van der Waals surface area contributed by atoms with E-state index in [1.165, 1.54) is 6.26 Å². The Kier molecular flexibility index (Phi) is 2.45. The van der Waals surface area contributed by atoms with Crippen molar-refractivity contribution in [2.75, 3.05) is 12.9 Å². The van der Waals surface area contributed by atoms with Gasteiger partial charge in [0.2, 0.25) is 5.92 Å². The molecule has 0 amide bonds. The number of halogens is 2. The maximum atomic E-state index is 12.3. The summed E-state index contributed by atoms with van der Waals surface area (Å²) >= 11 is 0. The maximum Gasteiger partial charge on any atom is 0.248 e. The largest absolute Gasteiger partial charge is 0.298 e. The standard InChI is InChI=1S/C7H12F2O2S/c1-12(2,10)11-5-6-3-7(8,9)4-6/h6H,1,3-5H2,2H3. The van der Waals surface area contributed by atoms with E-state index in [2.05, 4.69) is 5.87 Å². The molecule has 0 aliphatic heterocycles. The summed E-state index contributed by atoms with van der Waals surface area (Å²) in [6, 6.07) is 0. The van der Waals surface area contributed by atoms with Gasteiger partial charge in [0.15, 0.2) is 0 Å². The Morgan fingerprint density at radius 2 is 2.17 bits per heavy atom. The normalized spacial score (nSPS) is 27.6. The van der Waals surface area contributed by atoms with Crippen LogP contribution in [-0.4, -0.2) is 28.9 Å². The molecule has 0 aromatic carbocycles. The molecule has 0 aromatic heterocycles. The minimum absolute atomic E-state index is 0.133. The molecular weight excluding hydrogens is 186 g/mol. The van der Waals surface area contributed by atoms with Gasteiger partial charge < -0.3 is 0 Å². The smallest absolute Gasteiger partial charge is 0.248 e. The summed E-state index contributed by atoms with van der Waals surface area (Å²) < 4.78 is 40.2. The predicted molar refractivity (Wildman–Crippen MR) is 44.8 cm³/mol. The van der Waals surface area contributed by atoms with Crippen LogP contribution in [0.25, 0.3) is 0 Å². The fourth-order valence-electron chi connectivity index (χ4n) is 1.14. The molecule has 2 nitrogen and oxygen atoms in total. The fourth-order valence-corrected chi connectivity index (χ4v) is 1.62. The van der Waals surface area contributed by atoms with Gasteiger partial charge in [0.25, 0.3) is 0 Å². The molecule has 0 aromatic rings. The number of rotatable bonds is 3. The summed E-state index contributed by atoms with van der Waals surface area (Å²) in [5, 5.41) is 0. The third kappa shape index (κ3) is 3.06. The van der Waals surface area contributed by atoms with Crippen molar-refractivity contribution in [1.82, 2.24) is 0 Å². The first-order valence-electron chi connectivity index (χ1n) is 3.63. The Morgan fingerprint density at radius 3 is 2.50 bits per heavy atom. The van der Waals surface area contributed by atoms with Gasteiger partial charge in [-0.2, -0.15) is 0 Å². The lowest BCUT2D eigenvalue weighted by molar-refractivity contribution is -0.118. The first-order valence-corrected chi connectivity index (χ1v) is 5.69. The van der Waals surface area contributed by atoms with Crippen molar-refractivity contribution in [1.29, 1.82) is 0 Å². The Labute approximate surface area is 71.1 Å². The van der Waals surface area contributed by atoms with Gasteiger partial charge in [-0.25, -0.2) is 13.0 Å². The van der Waals surface area contributed by atoms with Gasteiger partial charge in [-0.3, -0.25) is 4.18 Å². The number of alkyl halides is 2. The number of hydrogen-bond acceptors (Lipinski definition) is 2. The van der Waals surface area contributed by atoms with Crippen LogP contribution in [0.1, 0.15) is 12.8 Å². The topological polar surface area (TPSA) is 26.3 Å². The van der Waals surface area contributed by atoms with E-state index < -0.39 is 15.7 Å². The van der Waals surface area contributed by atoms with E-state index in [4.69, 9.17) is 4.18 Å². The second-order valence-corrected chi connectivity index (χ2v) is 5.43. The highest BCUT2D eigenvalue weighted by molar-refractivity contribution is 7.95. The molecule has 0 saturated heterocycles. The number of hydrogen-bond donors (Lipinski definition) is 0. The Balaban J connectivity index is 2.21. The zero-order valence-electron chi connectivity index (χ0n) is 6.89. The monoisotopic (exact) mass is 198 g/mol. The Bertz CT molecular complexity index is 251. The maximum absolute atomic E-state index is 12.3. The van der Waals surface area contributed by atoms with Crippen molar-refractivity contribution >= 4 is 15.7 Å². The lowest BCUT2D eigenvalue weighted by Crippen LogP contribution is -2.38. The van der Waals surface area contributed by atoms with Crippen molar-refractivity contribution in [3.8, 4) is 0 Å². The molecule has 1 saturated carbocycles. The van der Waals surface area contributed by atoms with Crippen LogP contribution in [0.4, 0.5) is 8.78 Å². The van der Waals surface area contributed by atoms with Gasteiger partial charge in [0, 0.05) is 19.1 Å². The molecule has 1 rings (SSSR count). The van der Waals surface area contributed by atoms with Crippen LogP contribution in [0.15, 0.2) is 0 Å². The summed E-state index contributed by atoms with van der Waals surface area (Å²) in [5.41, 5.74) is 0. The molecule has 1 unspecified atom stereocenters. The van der Waals surface area contributed by atoms with Gasteiger partial charge in [-0.1, -0.05) is 0 Å². The average Bonchev–Trinajstić information content (AvgIpc) is 1.76.